The molecule has 2 aromatic carbocycles. The average molecular weight is 315 g/mol. The first-order chi connectivity index (χ1) is 11.7. The van der Waals surface area contributed by atoms with Crippen molar-refractivity contribution in [2.45, 2.75) is 39.5 Å². The third-order valence-electron chi connectivity index (χ3n) is 4.49. The third-order valence-corrected chi connectivity index (χ3v) is 4.49. The molecular weight excluding hydrogens is 290 g/mol. The predicted molar refractivity (Wildman–Crippen MR) is 101 cm³/mol. The van der Waals surface area contributed by atoms with E-state index in [0.717, 1.165) is 25.7 Å². The van der Waals surface area contributed by atoms with Crippen molar-refractivity contribution in [3.63, 3.8) is 0 Å². The Morgan fingerprint density at radius 3 is 1.50 bits per heavy atom. The van der Waals surface area contributed by atoms with E-state index in [4.69, 9.17) is 0 Å². The molecule has 0 aliphatic heterocycles. The first kappa shape index (κ1) is 16.4. The minimum atomic E-state index is 1.00. The zero-order chi connectivity index (χ0) is 16.8. The first-order valence-corrected chi connectivity index (χ1v) is 8.74. The minimum Gasteiger partial charge on any atom is -0.261 e. The summed E-state index contributed by atoms with van der Waals surface area (Å²) in [5.74, 6) is 0. The predicted octanol–water partition coefficient (Wildman–Crippen LogP) is 5.27. The highest BCUT2D eigenvalue weighted by molar-refractivity contribution is 5.26. The second-order valence-corrected chi connectivity index (χ2v) is 6.63. The van der Waals surface area contributed by atoms with Gasteiger partial charge in [-0.2, -0.15) is 0 Å². The van der Waals surface area contributed by atoms with Gasteiger partial charge in [0.2, 0.25) is 0 Å². The normalized spacial score (nSPS) is 10.8. The minimum absolute atomic E-state index is 1.00. The van der Waals surface area contributed by atoms with Crippen molar-refractivity contribution < 1.29 is 0 Å². The fourth-order valence-corrected chi connectivity index (χ4v) is 2.83. The molecule has 0 fully saturated rings. The number of benzene rings is 2. The van der Waals surface area contributed by atoms with Gasteiger partial charge < -0.3 is 0 Å². The van der Waals surface area contributed by atoms with E-state index in [0.29, 0.717) is 0 Å². The molecule has 0 unspecified atom stereocenters. The van der Waals surface area contributed by atoms with Gasteiger partial charge >= 0.3 is 0 Å². The van der Waals surface area contributed by atoms with Crippen LogP contribution in [-0.4, -0.2) is 4.98 Å². The van der Waals surface area contributed by atoms with E-state index in [1.54, 1.807) is 0 Å². The number of pyridine rings is 1. The fraction of sp³-hybridized carbons (Fsp3) is 0.261. The van der Waals surface area contributed by atoms with Crippen molar-refractivity contribution in [2.24, 2.45) is 0 Å². The molecule has 3 aromatic rings. The highest BCUT2D eigenvalue weighted by Gasteiger charge is 2.00. The maximum atomic E-state index is 4.48. The van der Waals surface area contributed by atoms with Crippen LogP contribution in [0.25, 0.3) is 0 Å². The largest absolute Gasteiger partial charge is 0.261 e. The number of hydrogen-bond acceptors (Lipinski definition) is 1. The second kappa shape index (κ2) is 7.92. The van der Waals surface area contributed by atoms with Crippen LogP contribution in [0.4, 0.5) is 0 Å². The van der Waals surface area contributed by atoms with Gasteiger partial charge in [0, 0.05) is 11.9 Å². The summed E-state index contributed by atoms with van der Waals surface area (Å²) in [5.41, 5.74) is 7.92. The Bertz CT molecular complexity index is 684. The molecule has 3 rings (SSSR count). The van der Waals surface area contributed by atoms with E-state index in [1.807, 2.05) is 6.20 Å². The number of rotatable bonds is 6. The lowest BCUT2D eigenvalue weighted by molar-refractivity contribution is 0.906. The van der Waals surface area contributed by atoms with Crippen molar-refractivity contribution in [3.05, 3.63) is 100 Å². The molecule has 0 atom stereocenters. The molecule has 122 valence electrons. The third kappa shape index (κ3) is 4.79. The van der Waals surface area contributed by atoms with Crippen LogP contribution in [0.1, 0.15) is 33.5 Å². The molecule has 0 N–H and O–H groups in total. The van der Waals surface area contributed by atoms with Crippen LogP contribution < -0.4 is 0 Å². The SMILES string of the molecule is Cc1ccc(CCc2ccc(CCc3ccc(C)cn3)cc2)cc1. The van der Waals surface area contributed by atoms with E-state index in [1.165, 1.54) is 33.5 Å². The van der Waals surface area contributed by atoms with E-state index < -0.39 is 0 Å². The summed E-state index contributed by atoms with van der Waals surface area (Å²) in [6.07, 6.45) is 6.20. The highest BCUT2D eigenvalue weighted by Crippen LogP contribution is 2.12. The molecule has 0 saturated heterocycles. The van der Waals surface area contributed by atoms with Crippen molar-refractivity contribution in [2.75, 3.05) is 0 Å². The van der Waals surface area contributed by atoms with Gasteiger partial charge in [-0.3, -0.25) is 4.98 Å². The molecule has 0 aliphatic carbocycles. The smallest absolute Gasteiger partial charge is 0.0407 e. The zero-order valence-electron chi connectivity index (χ0n) is 14.6. The molecule has 0 amide bonds. The number of aryl methyl sites for hydroxylation is 6. The maximum Gasteiger partial charge on any atom is 0.0407 e. The molecule has 1 heteroatoms. The van der Waals surface area contributed by atoms with Gasteiger partial charge in [-0.15, -0.1) is 0 Å². The monoisotopic (exact) mass is 315 g/mol. The Balaban J connectivity index is 1.51. The Kier molecular flexibility index (Phi) is 5.43. The highest BCUT2D eigenvalue weighted by atomic mass is 14.7. The molecule has 1 nitrogen and oxygen atoms in total. The fourth-order valence-electron chi connectivity index (χ4n) is 2.83. The van der Waals surface area contributed by atoms with Crippen molar-refractivity contribution in [1.29, 1.82) is 0 Å². The summed E-state index contributed by atoms with van der Waals surface area (Å²) >= 11 is 0. The molecule has 0 spiro atoms. The first-order valence-electron chi connectivity index (χ1n) is 8.74. The number of aromatic nitrogens is 1. The van der Waals surface area contributed by atoms with E-state index in [-0.39, 0.29) is 0 Å². The van der Waals surface area contributed by atoms with Crippen LogP contribution in [0.3, 0.4) is 0 Å². The van der Waals surface area contributed by atoms with Crippen LogP contribution in [0.15, 0.2) is 66.9 Å². The molecule has 0 radical (unpaired) electrons. The van der Waals surface area contributed by atoms with Crippen molar-refractivity contribution in [3.8, 4) is 0 Å². The Morgan fingerprint density at radius 2 is 1.00 bits per heavy atom. The summed E-state index contributed by atoms with van der Waals surface area (Å²) < 4.78 is 0. The lowest BCUT2D eigenvalue weighted by Crippen LogP contribution is -1.96. The van der Waals surface area contributed by atoms with Gasteiger partial charge in [0.05, 0.1) is 0 Å². The summed E-state index contributed by atoms with van der Waals surface area (Å²) in [4.78, 5) is 4.48. The van der Waals surface area contributed by atoms with Crippen LogP contribution in [0.5, 0.6) is 0 Å². The van der Waals surface area contributed by atoms with Gasteiger partial charge in [0.15, 0.2) is 0 Å². The Labute approximate surface area is 145 Å². The summed E-state index contributed by atoms with van der Waals surface area (Å²) in [6.45, 7) is 4.21. The van der Waals surface area contributed by atoms with Gasteiger partial charge in [0.1, 0.15) is 0 Å². The van der Waals surface area contributed by atoms with Crippen molar-refractivity contribution >= 4 is 0 Å². The van der Waals surface area contributed by atoms with Crippen LogP contribution in [-0.2, 0) is 25.7 Å². The van der Waals surface area contributed by atoms with E-state index in [2.05, 4.69) is 79.5 Å². The Morgan fingerprint density at radius 1 is 0.542 bits per heavy atom. The van der Waals surface area contributed by atoms with Gasteiger partial charge in [-0.25, -0.2) is 0 Å². The summed E-state index contributed by atoms with van der Waals surface area (Å²) in [7, 11) is 0. The standard InChI is InChI=1S/C23H25N/c1-18-3-6-20(7-4-18)8-9-21-10-12-22(13-11-21)14-16-23-15-5-19(2)17-24-23/h3-7,10-13,15,17H,8-9,14,16H2,1-2H3. The molecule has 0 aliphatic rings. The van der Waals surface area contributed by atoms with Crippen LogP contribution in [0, 0.1) is 13.8 Å². The Hall–Kier alpha value is -2.41. The molecule has 1 aromatic heterocycles. The van der Waals surface area contributed by atoms with E-state index >= 15 is 0 Å². The van der Waals surface area contributed by atoms with Gasteiger partial charge in [-0.05, 0) is 67.9 Å². The molecule has 0 bridgehead atoms. The lowest BCUT2D eigenvalue weighted by atomic mass is 10.0. The quantitative estimate of drug-likeness (QED) is 0.604. The number of nitrogens with zero attached hydrogens (tertiary/aromatic N) is 1. The lowest BCUT2D eigenvalue weighted by Gasteiger charge is -2.06. The second-order valence-electron chi connectivity index (χ2n) is 6.63. The summed E-state index contributed by atoms with van der Waals surface area (Å²) in [5, 5.41) is 0. The number of hydrogen-bond donors (Lipinski definition) is 0. The molecular formula is C23H25N. The average Bonchev–Trinajstić information content (AvgIpc) is 2.62. The molecule has 1 heterocycles. The topological polar surface area (TPSA) is 12.9 Å². The van der Waals surface area contributed by atoms with Gasteiger partial charge in [-0.1, -0.05) is 60.2 Å². The summed E-state index contributed by atoms with van der Waals surface area (Å²) in [6, 6.07) is 22.2. The van der Waals surface area contributed by atoms with Crippen LogP contribution >= 0.6 is 0 Å². The molecule has 24 heavy (non-hydrogen) atoms. The van der Waals surface area contributed by atoms with Crippen molar-refractivity contribution in [1.82, 2.24) is 4.98 Å². The molecule has 0 saturated carbocycles. The van der Waals surface area contributed by atoms with E-state index in [9.17, 15) is 0 Å². The van der Waals surface area contributed by atoms with Crippen LogP contribution in [0.2, 0.25) is 0 Å². The zero-order valence-corrected chi connectivity index (χ0v) is 14.6. The maximum absolute atomic E-state index is 4.48. The van der Waals surface area contributed by atoms with Gasteiger partial charge in [0.25, 0.3) is 0 Å².